The molecule has 1 saturated heterocycles. The van der Waals surface area contributed by atoms with Gasteiger partial charge in [-0.25, -0.2) is 14.4 Å². The highest BCUT2D eigenvalue weighted by atomic mass is 35.5. The van der Waals surface area contributed by atoms with Crippen molar-refractivity contribution >= 4 is 51.0 Å². The van der Waals surface area contributed by atoms with Crippen LogP contribution in [0.1, 0.15) is 19.4 Å². The van der Waals surface area contributed by atoms with Crippen molar-refractivity contribution in [2.45, 2.75) is 36.8 Å². The van der Waals surface area contributed by atoms with Crippen LogP contribution in [0.2, 0.25) is 10.2 Å². The lowest BCUT2D eigenvalue weighted by atomic mass is 10.2. The minimum absolute atomic E-state index is 0.0306. The lowest BCUT2D eigenvalue weighted by Gasteiger charge is -2.35. The SMILES string of the molecule is CC1CN(S(=O)(=O)Nc2cc(Cl)nc(SCc3cccc(Cl)c3F)n2)CC(C)N1. The van der Waals surface area contributed by atoms with Gasteiger partial charge < -0.3 is 5.32 Å². The summed E-state index contributed by atoms with van der Waals surface area (Å²) >= 11 is 12.9. The topological polar surface area (TPSA) is 87.2 Å². The fourth-order valence-corrected chi connectivity index (χ4v) is 5.58. The molecule has 2 N–H and O–H groups in total. The third-order valence-electron chi connectivity index (χ3n) is 4.16. The Morgan fingerprint density at radius 2 is 1.97 bits per heavy atom. The number of anilines is 1. The fourth-order valence-electron chi connectivity index (χ4n) is 2.99. The first-order valence-electron chi connectivity index (χ1n) is 8.78. The van der Waals surface area contributed by atoms with Crippen molar-refractivity contribution in [1.82, 2.24) is 19.6 Å². The maximum absolute atomic E-state index is 14.0. The lowest BCUT2D eigenvalue weighted by molar-refractivity contribution is 0.264. The van der Waals surface area contributed by atoms with E-state index < -0.39 is 16.0 Å². The Hall–Kier alpha value is -1.17. The van der Waals surface area contributed by atoms with Gasteiger partial charge in [-0.05, 0) is 25.5 Å². The molecule has 12 heteroatoms. The van der Waals surface area contributed by atoms with Gasteiger partial charge in [0.05, 0.1) is 5.02 Å². The van der Waals surface area contributed by atoms with Crippen molar-refractivity contribution < 1.29 is 12.8 Å². The number of rotatable bonds is 6. The van der Waals surface area contributed by atoms with E-state index in [0.29, 0.717) is 18.7 Å². The Bertz CT molecular complexity index is 986. The van der Waals surface area contributed by atoms with Gasteiger partial charge in [0.1, 0.15) is 16.8 Å². The van der Waals surface area contributed by atoms with Crippen LogP contribution in [0.3, 0.4) is 0 Å². The van der Waals surface area contributed by atoms with Crippen LogP contribution in [-0.4, -0.2) is 47.9 Å². The number of aromatic nitrogens is 2. The van der Waals surface area contributed by atoms with Crippen molar-refractivity contribution in [2.24, 2.45) is 0 Å². The molecule has 0 aliphatic carbocycles. The smallest absolute Gasteiger partial charge is 0.302 e. The quantitative estimate of drug-likeness (QED) is 0.374. The minimum atomic E-state index is -3.81. The zero-order valence-corrected chi connectivity index (χ0v) is 18.8. The van der Waals surface area contributed by atoms with Crippen LogP contribution in [0.15, 0.2) is 29.4 Å². The summed E-state index contributed by atoms with van der Waals surface area (Å²) in [5.41, 5.74) is 0.386. The zero-order valence-electron chi connectivity index (χ0n) is 15.7. The van der Waals surface area contributed by atoms with Crippen LogP contribution in [0.5, 0.6) is 0 Å². The fraction of sp³-hybridized carbons (Fsp3) is 0.412. The third kappa shape index (κ3) is 5.93. The van der Waals surface area contributed by atoms with Crippen LogP contribution < -0.4 is 10.0 Å². The van der Waals surface area contributed by atoms with Gasteiger partial charge in [-0.2, -0.15) is 12.7 Å². The van der Waals surface area contributed by atoms with E-state index in [1.165, 1.54) is 16.4 Å². The number of nitrogens with zero attached hydrogens (tertiary/aromatic N) is 3. The predicted octanol–water partition coefficient (Wildman–Crippen LogP) is 3.55. The van der Waals surface area contributed by atoms with Gasteiger partial charge in [0.2, 0.25) is 0 Å². The Kier molecular flexibility index (Phi) is 7.23. The second-order valence-electron chi connectivity index (χ2n) is 6.75. The Balaban J connectivity index is 1.74. The molecule has 2 atom stereocenters. The molecule has 0 bridgehead atoms. The van der Waals surface area contributed by atoms with Crippen LogP contribution in [0.4, 0.5) is 10.2 Å². The number of hydrogen-bond donors (Lipinski definition) is 2. The van der Waals surface area contributed by atoms with Crippen LogP contribution in [0, 0.1) is 5.82 Å². The molecular weight excluding hydrogens is 460 g/mol. The van der Waals surface area contributed by atoms with E-state index in [1.54, 1.807) is 12.1 Å². The molecule has 1 aromatic carbocycles. The molecule has 3 rings (SSSR count). The highest BCUT2D eigenvalue weighted by molar-refractivity contribution is 7.98. The Morgan fingerprint density at radius 3 is 2.66 bits per heavy atom. The number of nitrogens with one attached hydrogen (secondary N) is 2. The number of piperazine rings is 1. The van der Waals surface area contributed by atoms with Gasteiger partial charge in [0.25, 0.3) is 0 Å². The van der Waals surface area contributed by atoms with E-state index in [9.17, 15) is 12.8 Å². The lowest BCUT2D eigenvalue weighted by Crippen LogP contribution is -2.56. The van der Waals surface area contributed by atoms with Crippen molar-refractivity contribution in [1.29, 1.82) is 0 Å². The molecule has 0 amide bonds. The first-order chi connectivity index (χ1) is 13.6. The summed E-state index contributed by atoms with van der Waals surface area (Å²) in [6.07, 6.45) is 0. The standard InChI is InChI=1S/C17H20Cl2FN5O2S2/c1-10-7-25(8-11(2)21-10)29(26,27)24-15-6-14(19)22-17(23-15)28-9-12-4-3-5-13(18)16(12)20/h3-6,10-11,21H,7-9H2,1-2H3,(H,22,23,24). The van der Waals surface area contributed by atoms with Crippen molar-refractivity contribution in [3.8, 4) is 0 Å². The average molecular weight is 480 g/mol. The maximum Gasteiger partial charge on any atom is 0.302 e. The minimum Gasteiger partial charge on any atom is -0.309 e. The van der Waals surface area contributed by atoms with Gasteiger partial charge >= 0.3 is 10.2 Å². The van der Waals surface area contributed by atoms with E-state index in [-0.39, 0.29) is 39.0 Å². The van der Waals surface area contributed by atoms with E-state index in [0.717, 1.165) is 11.8 Å². The van der Waals surface area contributed by atoms with Crippen molar-refractivity contribution in [3.05, 3.63) is 45.8 Å². The second-order valence-corrected chi connectivity index (χ2v) is 10.2. The van der Waals surface area contributed by atoms with Gasteiger partial charge in [0.15, 0.2) is 5.16 Å². The summed E-state index contributed by atoms with van der Waals surface area (Å²) in [7, 11) is -3.81. The molecule has 0 spiro atoms. The van der Waals surface area contributed by atoms with Crippen LogP contribution in [-0.2, 0) is 16.0 Å². The number of thioether (sulfide) groups is 1. The first kappa shape index (κ1) is 22.5. The van der Waals surface area contributed by atoms with E-state index in [4.69, 9.17) is 23.2 Å². The first-order valence-corrected chi connectivity index (χ1v) is 12.0. The van der Waals surface area contributed by atoms with Gasteiger partial charge in [-0.15, -0.1) is 0 Å². The Labute approximate surface area is 183 Å². The van der Waals surface area contributed by atoms with Crippen LogP contribution in [0.25, 0.3) is 0 Å². The summed E-state index contributed by atoms with van der Waals surface area (Å²) in [5.74, 6) is -0.240. The normalized spacial score (nSPS) is 20.6. The highest BCUT2D eigenvalue weighted by Gasteiger charge is 2.30. The summed E-state index contributed by atoms with van der Waals surface area (Å²) in [6.45, 7) is 4.52. The van der Waals surface area contributed by atoms with Crippen molar-refractivity contribution in [3.63, 3.8) is 0 Å². The average Bonchev–Trinajstić information content (AvgIpc) is 2.61. The second kappa shape index (κ2) is 9.32. The van der Waals surface area contributed by atoms with E-state index in [2.05, 4.69) is 20.0 Å². The highest BCUT2D eigenvalue weighted by Crippen LogP contribution is 2.27. The molecular formula is C17H20Cl2FN5O2S2. The summed E-state index contributed by atoms with van der Waals surface area (Å²) in [5, 5.41) is 3.61. The molecule has 158 valence electrons. The van der Waals surface area contributed by atoms with Gasteiger partial charge in [-0.3, -0.25) is 4.72 Å². The number of halogens is 3. The number of hydrogen-bond acceptors (Lipinski definition) is 6. The molecule has 1 aliphatic heterocycles. The summed E-state index contributed by atoms with van der Waals surface area (Å²) < 4.78 is 43.3. The Morgan fingerprint density at radius 1 is 1.28 bits per heavy atom. The van der Waals surface area contributed by atoms with Crippen LogP contribution >= 0.6 is 35.0 Å². The molecule has 2 unspecified atom stereocenters. The third-order valence-corrected chi connectivity index (χ3v) is 6.99. The molecule has 0 radical (unpaired) electrons. The molecule has 7 nitrogen and oxygen atoms in total. The monoisotopic (exact) mass is 479 g/mol. The summed E-state index contributed by atoms with van der Waals surface area (Å²) in [4.78, 5) is 8.27. The van der Waals surface area contributed by atoms with E-state index >= 15 is 0 Å². The molecule has 2 aromatic rings. The molecule has 1 aliphatic rings. The molecule has 2 heterocycles. The molecule has 0 saturated carbocycles. The van der Waals surface area contributed by atoms with Crippen molar-refractivity contribution in [2.75, 3.05) is 17.8 Å². The zero-order chi connectivity index (χ0) is 21.2. The summed E-state index contributed by atoms with van der Waals surface area (Å²) in [6, 6.07) is 6.11. The molecule has 1 aromatic heterocycles. The van der Waals surface area contributed by atoms with Gasteiger partial charge in [-0.1, -0.05) is 47.1 Å². The van der Waals surface area contributed by atoms with E-state index in [1.807, 2.05) is 13.8 Å². The molecule has 29 heavy (non-hydrogen) atoms. The maximum atomic E-state index is 14.0. The predicted molar refractivity (Wildman–Crippen MR) is 114 cm³/mol. The largest absolute Gasteiger partial charge is 0.309 e. The number of benzene rings is 1. The van der Waals surface area contributed by atoms with Gasteiger partial charge in [0, 0.05) is 37.0 Å². The molecule has 1 fully saturated rings.